The molecule has 142 valence electrons. The molecule has 0 fully saturated rings. The Hall–Kier alpha value is -3.05. The van der Waals surface area contributed by atoms with Gasteiger partial charge in [0, 0.05) is 16.1 Å². The fourth-order valence-corrected chi connectivity index (χ4v) is 3.11. The van der Waals surface area contributed by atoms with E-state index in [1.165, 1.54) is 0 Å². The summed E-state index contributed by atoms with van der Waals surface area (Å²) in [7, 11) is 0. The summed E-state index contributed by atoms with van der Waals surface area (Å²) >= 11 is 1.59. The Morgan fingerprint density at radius 3 is 2.21 bits per heavy atom. The SMILES string of the molecule is CSc1ccc(C(=O)O[C@@H](C)C(=O)Nc2ccccc2-c2ccccc2)cc1. The Balaban J connectivity index is 1.68. The fourth-order valence-electron chi connectivity index (χ4n) is 2.71. The number of benzene rings is 3. The number of anilines is 1. The lowest BCUT2D eigenvalue weighted by molar-refractivity contribution is -0.123. The van der Waals surface area contributed by atoms with Crippen molar-refractivity contribution in [2.45, 2.75) is 17.9 Å². The molecule has 1 N–H and O–H groups in total. The van der Waals surface area contributed by atoms with E-state index in [0.717, 1.165) is 16.0 Å². The van der Waals surface area contributed by atoms with Crippen LogP contribution in [0.1, 0.15) is 17.3 Å². The van der Waals surface area contributed by atoms with Crippen LogP contribution < -0.4 is 5.32 Å². The van der Waals surface area contributed by atoms with Gasteiger partial charge >= 0.3 is 5.97 Å². The Kier molecular flexibility index (Phi) is 6.50. The lowest BCUT2D eigenvalue weighted by Crippen LogP contribution is -2.30. The maximum atomic E-state index is 12.6. The molecule has 0 aliphatic heterocycles. The molecule has 0 unspecified atom stereocenters. The zero-order valence-electron chi connectivity index (χ0n) is 15.7. The van der Waals surface area contributed by atoms with Crippen LogP contribution in [0.3, 0.4) is 0 Å². The van der Waals surface area contributed by atoms with Crippen molar-refractivity contribution in [1.29, 1.82) is 0 Å². The van der Waals surface area contributed by atoms with Crippen LogP contribution in [0.4, 0.5) is 5.69 Å². The maximum Gasteiger partial charge on any atom is 0.338 e. The first-order valence-electron chi connectivity index (χ1n) is 8.89. The predicted molar refractivity (Wildman–Crippen MR) is 114 cm³/mol. The van der Waals surface area contributed by atoms with E-state index in [1.54, 1.807) is 30.8 Å². The van der Waals surface area contributed by atoms with Crippen molar-refractivity contribution in [1.82, 2.24) is 0 Å². The molecule has 5 heteroatoms. The van der Waals surface area contributed by atoms with Gasteiger partial charge in [0.15, 0.2) is 6.10 Å². The van der Waals surface area contributed by atoms with Gasteiger partial charge in [-0.3, -0.25) is 4.79 Å². The zero-order chi connectivity index (χ0) is 19.9. The summed E-state index contributed by atoms with van der Waals surface area (Å²) in [6.07, 6.45) is 1.05. The molecule has 3 aromatic carbocycles. The summed E-state index contributed by atoms with van der Waals surface area (Å²) in [6, 6.07) is 24.4. The van der Waals surface area contributed by atoms with Crippen molar-refractivity contribution in [2.75, 3.05) is 11.6 Å². The summed E-state index contributed by atoms with van der Waals surface area (Å²) < 4.78 is 5.33. The molecule has 0 aliphatic rings. The minimum atomic E-state index is -0.920. The van der Waals surface area contributed by atoms with Crippen LogP contribution in [0.25, 0.3) is 11.1 Å². The van der Waals surface area contributed by atoms with E-state index < -0.39 is 12.1 Å². The minimum absolute atomic E-state index is 0.377. The number of esters is 1. The van der Waals surface area contributed by atoms with Gasteiger partial charge in [0.05, 0.1) is 5.56 Å². The number of nitrogens with one attached hydrogen (secondary N) is 1. The molecule has 3 rings (SSSR count). The van der Waals surface area contributed by atoms with Crippen molar-refractivity contribution in [2.24, 2.45) is 0 Å². The molecule has 0 saturated carbocycles. The Labute approximate surface area is 168 Å². The largest absolute Gasteiger partial charge is 0.449 e. The fraction of sp³-hybridized carbons (Fsp3) is 0.130. The lowest BCUT2D eigenvalue weighted by atomic mass is 10.0. The van der Waals surface area contributed by atoms with Crippen LogP contribution in [0.5, 0.6) is 0 Å². The molecule has 0 radical (unpaired) electrons. The Bertz CT molecular complexity index is 955. The average molecular weight is 391 g/mol. The lowest BCUT2D eigenvalue weighted by Gasteiger charge is -2.16. The van der Waals surface area contributed by atoms with Gasteiger partial charge in [-0.2, -0.15) is 0 Å². The summed E-state index contributed by atoms with van der Waals surface area (Å²) in [5.74, 6) is -0.899. The first kappa shape index (κ1) is 19.7. The second-order valence-electron chi connectivity index (χ2n) is 6.18. The highest BCUT2D eigenvalue weighted by Gasteiger charge is 2.20. The van der Waals surface area contributed by atoms with Gasteiger partial charge in [-0.25, -0.2) is 4.79 Å². The second-order valence-corrected chi connectivity index (χ2v) is 7.06. The van der Waals surface area contributed by atoms with Gasteiger partial charge in [0.2, 0.25) is 0 Å². The quantitative estimate of drug-likeness (QED) is 0.460. The van der Waals surface area contributed by atoms with Gasteiger partial charge in [-0.15, -0.1) is 11.8 Å². The van der Waals surface area contributed by atoms with Gasteiger partial charge in [-0.1, -0.05) is 48.5 Å². The van der Waals surface area contributed by atoms with Crippen molar-refractivity contribution in [3.63, 3.8) is 0 Å². The number of para-hydroxylation sites is 1. The molecule has 28 heavy (non-hydrogen) atoms. The van der Waals surface area contributed by atoms with E-state index in [2.05, 4.69) is 5.32 Å². The van der Waals surface area contributed by atoms with E-state index in [9.17, 15) is 9.59 Å². The first-order valence-corrected chi connectivity index (χ1v) is 10.1. The number of carbonyl (C=O) groups is 2. The molecule has 0 aromatic heterocycles. The van der Waals surface area contributed by atoms with Crippen molar-refractivity contribution in [3.8, 4) is 11.1 Å². The molecule has 0 aliphatic carbocycles. The first-order chi connectivity index (χ1) is 13.6. The molecule has 0 bridgehead atoms. The van der Waals surface area contributed by atoms with Crippen molar-refractivity contribution < 1.29 is 14.3 Å². The molecule has 1 atom stereocenters. The molecular weight excluding hydrogens is 370 g/mol. The van der Waals surface area contributed by atoms with E-state index >= 15 is 0 Å². The number of amides is 1. The summed E-state index contributed by atoms with van der Waals surface area (Å²) in [5, 5.41) is 2.86. The molecule has 4 nitrogen and oxygen atoms in total. The molecule has 0 heterocycles. The third kappa shape index (κ3) is 4.81. The van der Waals surface area contributed by atoms with Crippen LogP contribution >= 0.6 is 11.8 Å². The normalized spacial score (nSPS) is 11.5. The van der Waals surface area contributed by atoms with Crippen molar-refractivity contribution in [3.05, 3.63) is 84.4 Å². The molecule has 0 spiro atoms. The highest BCUT2D eigenvalue weighted by atomic mass is 32.2. The van der Waals surface area contributed by atoms with Crippen LogP contribution in [-0.4, -0.2) is 24.2 Å². The standard InChI is InChI=1S/C23H21NO3S/c1-16(27-23(26)18-12-14-19(28-2)15-13-18)22(25)24-21-11-7-6-10-20(21)17-8-4-3-5-9-17/h3-16H,1-2H3,(H,24,25)/t16-/m0/s1. The van der Waals surface area contributed by atoms with Gasteiger partial charge in [0.1, 0.15) is 0 Å². The van der Waals surface area contributed by atoms with Crippen LogP contribution in [0, 0.1) is 0 Å². The van der Waals surface area contributed by atoms with Gasteiger partial charge in [0.25, 0.3) is 5.91 Å². The predicted octanol–water partition coefficient (Wildman–Crippen LogP) is 5.26. The summed E-state index contributed by atoms with van der Waals surface area (Å²) in [4.78, 5) is 25.9. The number of hydrogen-bond donors (Lipinski definition) is 1. The van der Waals surface area contributed by atoms with Gasteiger partial charge < -0.3 is 10.1 Å². The Morgan fingerprint density at radius 2 is 1.54 bits per heavy atom. The maximum absolute atomic E-state index is 12.6. The van der Waals surface area contributed by atoms with Crippen LogP contribution in [0.2, 0.25) is 0 Å². The van der Waals surface area contributed by atoms with Crippen LogP contribution in [-0.2, 0) is 9.53 Å². The van der Waals surface area contributed by atoms with E-state index in [0.29, 0.717) is 11.3 Å². The number of ether oxygens (including phenoxy) is 1. The number of hydrogen-bond acceptors (Lipinski definition) is 4. The topological polar surface area (TPSA) is 55.4 Å². The molecule has 0 saturated heterocycles. The Morgan fingerprint density at radius 1 is 0.893 bits per heavy atom. The third-order valence-corrected chi connectivity index (χ3v) is 4.99. The minimum Gasteiger partial charge on any atom is -0.449 e. The number of thioether (sulfide) groups is 1. The van der Waals surface area contributed by atoms with E-state index in [-0.39, 0.29) is 5.91 Å². The smallest absolute Gasteiger partial charge is 0.338 e. The van der Waals surface area contributed by atoms with Gasteiger partial charge in [-0.05, 0) is 49.1 Å². The number of carbonyl (C=O) groups excluding carboxylic acids is 2. The number of rotatable bonds is 6. The highest BCUT2D eigenvalue weighted by molar-refractivity contribution is 7.98. The second kappa shape index (κ2) is 9.24. The monoisotopic (exact) mass is 391 g/mol. The summed E-state index contributed by atoms with van der Waals surface area (Å²) in [6.45, 7) is 1.56. The molecule has 1 amide bonds. The highest BCUT2D eigenvalue weighted by Crippen LogP contribution is 2.27. The van der Waals surface area contributed by atoms with E-state index in [4.69, 9.17) is 4.74 Å². The average Bonchev–Trinajstić information content (AvgIpc) is 2.74. The third-order valence-electron chi connectivity index (χ3n) is 4.25. The van der Waals surface area contributed by atoms with E-state index in [1.807, 2.05) is 73.0 Å². The summed E-state index contributed by atoms with van der Waals surface area (Å²) in [5.41, 5.74) is 2.99. The molecule has 3 aromatic rings. The van der Waals surface area contributed by atoms with Crippen LogP contribution in [0.15, 0.2) is 83.8 Å². The molecular formula is C23H21NO3S. The van der Waals surface area contributed by atoms with Crippen molar-refractivity contribution >= 4 is 29.3 Å². The zero-order valence-corrected chi connectivity index (χ0v) is 16.5.